The molecule has 2 rings (SSSR count). The Labute approximate surface area is 112 Å². The zero-order valence-corrected chi connectivity index (χ0v) is 11.0. The highest BCUT2D eigenvalue weighted by Crippen LogP contribution is 2.33. The van der Waals surface area contributed by atoms with Crippen LogP contribution in [0, 0.1) is 0 Å². The van der Waals surface area contributed by atoms with Crippen LogP contribution in [0.1, 0.15) is 51.4 Å². The summed E-state index contributed by atoms with van der Waals surface area (Å²) >= 11 is 0. The number of hydrogen-bond acceptors (Lipinski definition) is 3. The first kappa shape index (κ1) is 13.8. The van der Waals surface area contributed by atoms with Crippen molar-refractivity contribution >= 4 is 17.9 Å². The van der Waals surface area contributed by atoms with E-state index in [1.54, 1.807) is 0 Å². The van der Waals surface area contributed by atoms with Crippen molar-refractivity contribution in [2.45, 2.75) is 56.9 Å². The number of aliphatic carboxylic acids is 1. The molecule has 1 spiro atoms. The molecule has 106 valence electrons. The molecule has 0 unspecified atom stereocenters. The molecule has 1 saturated heterocycles. The summed E-state index contributed by atoms with van der Waals surface area (Å²) in [6, 6.07) is -0.317. The highest BCUT2D eigenvalue weighted by Gasteiger charge is 2.50. The average molecular weight is 268 g/mol. The molecule has 3 amide bonds. The van der Waals surface area contributed by atoms with Crippen molar-refractivity contribution in [3.05, 3.63) is 0 Å². The molecule has 2 aliphatic rings. The van der Waals surface area contributed by atoms with Gasteiger partial charge < -0.3 is 10.4 Å². The van der Waals surface area contributed by atoms with Gasteiger partial charge in [-0.05, 0) is 25.7 Å². The number of rotatable bonds is 5. The molecule has 0 aromatic heterocycles. The Morgan fingerprint density at radius 1 is 1.21 bits per heavy atom. The number of nitrogens with one attached hydrogen (secondary N) is 1. The average Bonchev–Trinajstić information content (AvgIpc) is 2.59. The number of urea groups is 1. The summed E-state index contributed by atoms with van der Waals surface area (Å²) in [5.41, 5.74) is -0.665. The molecule has 1 aliphatic heterocycles. The molecule has 2 fully saturated rings. The summed E-state index contributed by atoms with van der Waals surface area (Å²) in [5.74, 6) is -0.964. The minimum absolute atomic E-state index is 0.0782. The number of imide groups is 1. The first-order chi connectivity index (χ1) is 9.05. The third-order valence-corrected chi connectivity index (χ3v) is 3.98. The second-order valence-corrected chi connectivity index (χ2v) is 5.38. The van der Waals surface area contributed by atoms with Gasteiger partial charge in [0.15, 0.2) is 0 Å². The number of unbranched alkanes of at least 4 members (excludes halogenated alkanes) is 1. The molecule has 0 bridgehead atoms. The van der Waals surface area contributed by atoms with E-state index < -0.39 is 11.5 Å². The lowest BCUT2D eigenvalue weighted by atomic mass is 9.82. The molecular weight excluding hydrogens is 248 g/mol. The third kappa shape index (κ3) is 2.88. The van der Waals surface area contributed by atoms with Gasteiger partial charge >= 0.3 is 12.0 Å². The minimum atomic E-state index is -0.846. The van der Waals surface area contributed by atoms with Gasteiger partial charge in [-0.15, -0.1) is 0 Å². The van der Waals surface area contributed by atoms with Crippen molar-refractivity contribution in [3.8, 4) is 0 Å². The lowest BCUT2D eigenvalue weighted by molar-refractivity contribution is -0.137. The van der Waals surface area contributed by atoms with Crippen molar-refractivity contribution in [3.63, 3.8) is 0 Å². The largest absolute Gasteiger partial charge is 0.481 e. The van der Waals surface area contributed by atoms with Gasteiger partial charge in [-0.3, -0.25) is 14.5 Å². The molecule has 1 aliphatic carbocycles. The number of carbonyl (C=O) groups excluding carboxylic acids is 2. The van der Waals surface area contributed by atoms with Gasteiger partial charge in [-0.1, -0.05) is 19.3 Å². The molecule has 19 heavy (non-hydrogen) atoms. The molecule has 6 heteroatoms. The van der Waals surface area contributed by atoms with Crippen LogP contribution in [-0.4, -0.2) is 40.0 Å². The van der Waals surface area contributed by atoms with Crippen LogP contribution in [0.2, 0.25) is 0 Å². The summed E-state index contributed by atoms with van der Waals surface area (Å²) in [4.78, 5) is 35.9. The Bertz CT molecular complexity index is 388. The van der Waals surface area contributed by atoms with E-state index in [1.165, 1.54) is 4.90 Å². The van der Waals surface area contributed by atoms with Crippen LogP contribution in [0.3, 0.4) is 0 Å². The van der Waals surface area contributed by atoms with Crippen LogP contribution in [-0.2, 0) is 9.59 Å². The first-order valence-corrected chi connectivity index (χ1v) is 6.91. The van der Waals surface area contributed by atoms with E-state index in [2.05, 4.69) is 5.32 Å². The van der Waals surface area contributed by atoms with E-state index in [-0.39, 0.29) is 18.4 Å². The third-order valence-electron chi connectivity index (χ3n) is 3.98. The van der Waals surface area contributed by atoms with Gasteiger partial charge in [0.1, 0.15) is 5.54 Å². The Morgan fingerprint density at radius 3 is 2.53 bits per heavy atom. The van der Waals surface area contributed by atoms with Crippen LogP contribution in [0.15, 0.2) is 0 Å². The summed E-state index contributed by atoms with van der Waals surface area (Å²) in [5, 5.41) is 11.4. The predicted molar refractivity (Wildman–Crippen MR) is 67.5 cm³/mol. The quantitative estimate of drug-likeness (QED) is 0.584. The summed E-state index contributed by atoms with van der Waals surface area (Å²) in [6.07, 6.45) is 5.61. The van der Waals surface area contributed by atoms with Gasteiger partial charge in [0.2, 0.25) is 0 Å². The zero-order chi connectivity index (χ0) is 13.9. The van der Waals surface area contributed by atoms with Gasteiger partial charge in [0.05, 0.1) is 0 Å². The summed E-state index contributed by atoms with van der Waals surface area (Å²) in [6.45, 7) is 0.319. The predicted octanol–water partition coefficient (Wildman–Crippen LogP) is 1.50. The monoisotopic (exact) mass is 268 g/mol. The van der Waals surface area contributed by atoms with Crippen LogP contribution in [0.25, 0.3) is 0 Å². The van der Waals surface area contributed by atoms with Crippen molar-refractivity contribution < 1.29 is 19.5 Å². The molecule has 0 radical (unpaired) electrons. The van der Waals surface area contributed by atoms with Crippen LogP contribution in [0.4, 0.5) is 4.79 Å². The van der Waals surface area contributed by atoms with Crippen LogP contribution in [0.5, 0.6) is 0 Å². The maximum atomic E-state index is 12.3. The number of nitrogens with zero attached hydrogens (tertiary/aromatic N) is 1. The lowest BCUT2D eigenvalue weighted by Gasteiger charge is -2.30. The number of carboxylic acid groups (broad SMARTS) is 1. The smallest absolute Gasteiger partial charge is 0.325 e. The highest BCUT2D eigenvalue weighted by molar-refractivity contribution is 6.07. The maximum absolute atomic E-state index is 12.3. The standard InChI is InChI=1S/C13H20N2O4/c16-10(17)6-2-5-9-15-11(18)13(14-12(15)19)7-3-1-4-8-13/h1-9H2,(H,14,19)(H,16,17). The van der Waals surface area contributed by atoms with E-state index in [1.807, 2.05) is 0 Å². The Hall–Kier alpha value is -1.59. The SMILES string of the molecule is O=C(O)CCCCN1C(=O)NC2(CCCCC2)C1=O. The number of amides is 3. The molecule has 0 atom stereocenters. The van der Waals surface area contributed by atoms with Crippen LogP contribution >= 0.6 is 0 Å². The fraction of sp³-hybridized carbons (Fsp3) is 0.769. The molecule has 0 aromatic carbocycles. The number of carbonyl (C=O) groups is 3. The molecule has 1 heterocycles. The number of carboxylic acids is 1. The second-order valence-electron chi connectivity index (χ2n) is 5.38. The van der Waals surface area contributed by atoms with Crippen molar-refractivity contribution in [2.24, 2.45) is 0 Å². The van der Waals surface area contributed by atoms with Gasteiger partial charge in [-0.25, -0.2) is 4.79 Å². The van der Waals surface area contributed by atoms with E-state index >= 15 is 0 Å². The normalized spacial score (nSPS) is 21.8. The molecule has 6 nitrogen and oxygen atoms in total. The maximum Gasteiger partial charge on any atom is 0.325 e. The Kier molecular flexibility index (Phi) is 4.07. The Balaban J connectivity index is 1.89. The summed E-state index contributed by atoms with van der Waals surface area (Å²) < 4.78 is 0. The van der Waals surface area contributed by atoms with Crippen molar-refractivity contribution in [1.82, 2.24) is 10.2 Å². The topological polar surface area (TPSA) is 86.7 Å². The van der Waals surface area contributed by atoms with Gasteiger partial charge in [0.25, 0.3) is 5.91 Å². The molecule has 0 aromatic rings. The highest BCUT2D eigenvalue weighted by atomic mass is 16.4. The van der Waals surface area contributed by atoms with E-state index in [4.69, 9.17) is 5.11 Å². The molecule has 1 saturated carbocycles. The van der Waals surface area contributed by atoms with Crippen LogP contribution < -0.4 is 5.32 Å². The van der Waals surface area contributed by atoms with Gasteiger partial charge in [0, 0.05) is 13.0 Å². The van der Waals surface area contributed by atoms with E-state index in [0.29, 0.717) is 19.4 Å². The second kappa shape index (κ2) is 5.59. The number of hydrogen-bond donors (Lipinski definition) is 2. The molecular formula is C13H20N2O4. The zero-order valence-electron chi connectivity index (χ0n) is 11.0. The van der Waals surface area contributed by atoms with Crippen molar-refractivity contribution in [1.29, 1.82) is 0 Å². The van der Waals surface area contributed by atoms with E-state index in [9.17, 15) is 14.4 Å². The van der Waals surface area contributed by atoms with Crippen molar-refractivity contribution in [2.75, 3.05) is 6.54 Å². The lowest BCUT2D eigenvalue weighted by Crippen LogP contribution is -2.48. The van der Waals surface area contributed by atoms with E-state index in [0.717, 1.165) is 32.1 Å². The first-order valence-electron chi connectivity index (χ1n) is 6.91. The fourth-order valence-electron chi connectivity index (χ4n) is 2.92. The fourth-order valence-corrected chi connectivity index (χ4v) is 2.92. The van der Waals surface area contributed by atoms with Gasteiger partial charge in [-0.2, -0.15) is 0 Å². The minimum Gasteiger partial charge on any atom is -0.481 e. The Morgan fingerprint density at radius 2 is 1.89 bits per heavy atom. The summed E-state index contributed by atoms with van der Waals surface area (Å²) in [7, 11) is 0. The molecule has 2 N–H and O–H groups in total.